The van der Waals surface area contributed by atoms with Gasteiger partial charge in [-0.1, -0.05) is 50.2 Å². The van der Waals surface area contributed by atoms with Gasteiger partial charge in [-0.2, -0.15) is 0 Å². The third-order valence-electron chi connectivity index (χ3n) is 6.13. The highest BCUT2D eigenvalue weighted by Crippen LogP contribution is 2.37. The second-order valence-electron chi connectivity index (χ2n) is 8.82. The number of hydroxylamine groups is 1. The smallest absolute Gasteiger partial charge is 0.267 e. The quantitative estimate of drug-likeness (QED) is 0.278. The Hall–Kier alpha value is -2.89. The summed E-state index contributed by atoms with van der Waals surface area (Å²) in [6.07, 6.45) is 8.44. The van der Waals surface area contributed by atoms with Crippen molar-refractivity contribution in [2.75, 3.05) is 13.1 Å². The molecule has 31 heavy (non-hydrogen) atoms. The first kappa shape index (κ1) is 21.3. The lowest BCUT2D eigenvalue weighted by molar-refractivity contribution is -0.124. The number of carbonyl (C=O) groups excluding carboxylic acids is 1. The molecule has 162 valence electrons. The van der Waals surface area contributed by atoms with Crippen molar-refractivity contribution in [1.29, 1.82) is 0 Å². The van der Waals surface area contributed by atoms with Gasteiger partial charge in [0.2, 0.25) is 0 Å². The van der Waals surface area contributed by atoms with Crippen molar-refractivity contribution in [2.45, 2.75) is 39.2 Å². The molecule has 0 saturated heterocycles. The molecule has 3 aromatic rings. The summed E-state index contributed by atoms with van der Waals surface area (Å²) in [7, 11) is 0. The van der Waals surface area contributed by atoms with Crippen LogP contribution in [0.25, 0.3) is 17.0 Å². The number of nitrogens with one attached hydrogen (secondary N) is 2. The van der Waals surface area contributed by atoms with Crippen LogP contribution in [0.4, 0.5) is 0 Å². The predicted molar refractivity (Wildman–Crippen MR) is 125 cm³/mol. The highest BCUT2D eigenvalue weighted by molar-refractivity contribution is 5.90. The van der Waals surface area contributed by atoms with Crippen molar-refractivity contribution >= 4 is 22.9 Å². The van der Waals surface area contributed by atoms with Gasteiger partial charge in [0.05, 0.1) is 0 Å². The number of H-pyrrole nitrogens is 1. The zero-order valence-electron chi connectivity index (χ0n) is 18.3. The predicted octanol–water partition coefficient (Wildman–Crippen LogP) is 4.87. The van der Waals surface area contributed by atoms with Crippen LogP contribution in [0.15, 0.2) is 54.7 Å². The Kier molecular flexibility index (Phi) is 6.54. The van der Waals surface area contributed by atoms with Gasteiger partial charge in [-0.15, -0.1) is 0 Å². The first-order chi connectivity index (χ1) is 15.0. The third kappa shape index (κ3) is 4.89. The Bertz CT molecular complexity index is 1080. The summed E-state index contributed by atoms with van der Waals surface area (Å²) < 4.78 is 0. The maximum atomic E-state index is 11.3. The van der Waals surface area contributed by atoms with Crippen LogP contribution in [0.5, 0.6) is 0 Å². The number of carbonyl (C=O) groups is 1. The second-order valence-corrected chi connectivity index (χ2v) is 8.82. The van der Waals surface area contributed by atoms with Gasteiger partial charge in [-0.25, -0.2) is 5.48 Å². The molecule has 0 bridgehead atoms. The van der Waals surface area contributed by atoms with Crippen LogP contribution in [0, 0.1) is 5.92 Å². The number of aromatic amines is 1. The number of rotatable bonds is 8. The maximum Gasteiger partial charge on any atom is 0.267 e. The lowest BCUT2D eigenvalue weighted by Gasteiger charge is -2.31. The van der Waals surface area contributed by atoms with E-state index in [1.54, 1.807) is 11.6 Å². The maximum absolute atomic E-state index is 11.3. The number of hydrogen-bond acceptors (Lipinski definition) is 3. The fourth-order valence-corrected chi connectivity index (χ4v) is 4.75. The summed E-state index contributed by atoms with van der Waals surface area (Å²) in [5.74, 6) is 0.0879. The molecule has 5 heteroatoms. The van der Waals surface area contributed by atoms with Gasteiger partial charge in [0.15, 0.2) is 0 Å². The van der Waals surface area contributed by atoms with Gasteiger partial charge >= 0.3 is 0 Å². The Morgan fingerprint density at radius 3 is 2.94 bits per heavy atom. The number of nitrogens with zero attached hydrogens (tertiary/aromatic N) is 1. The highest BCUT2D eigenvalue weighted by atomic mass is 16.5. The van der Waals surface area contributed by atoms with E-state index in [0.29, 0.717) is 12.0 Å². The average Bonchev–Trinajstić information content (AvgIpc) is 3.38. The van der Waals surface area contributed by atoms with E-state index in [4.69, 9.17) is 5.21 Å². The fraction of sp³-hybridized carbons (Fsp3) is 0.346. The zero-order chi connectivity index (χ0) is 21.8. The standard InChI is InChI=1S/C26H31N3O2/c1-18(2)17-29(14-13-21-16-27-24-6-4-3-5-22(21)24)25-11-9-20-15-19(7-10-23(20)25)8-12-26(30)28-31/h3-8,10,12,15-16,18,25,27,31H,9,11,13-14,17H2,1-2H3,(H,28,30). The number of amides is 1. The third-order valence-corrected chi connectivity index (χ3v) is 6.13. The van der Waals surface area contributed by atoms with Gasteiger partial charge in [-0.3, -0.25) is 14.9 Å². The molecular formula is C26H31N3O2. The molecular weight excluding hydrogens is 386 g/mol. The Morgan fingerprint density at radius 1 is 1.29 bits per heavy atom. The molecule has 1 unspecified atom stereocenters. The van der Waals surface area contributed by atoms with Gasteiger partial charge in [0.1, 0.15) is 0 Å². The first-order valence-corrected chi connectivity index (χ1v) is 11.1. The summed E-state index contributed by atoms with van der Waals surface area (Å²) in [5, 5.41) is 9.98. The summed E-state index contributed by atoms with van der Waals surface area (Å²) in [5.41, 5.74) is 7.96. The molecule has 1 atom stereocenters. The first-order valence-electron chi connectivity index (χ1n) is 11.1. The summed E-state index contributed by atoms with van der Waals surface area (Å²) in [6.45, 7) is 6.68. The Labute approximate surface area is 183 Å². The van der Waals surface area contributed by atoms with E-state index in [-0.39, 0.29) is 0 Å². The van der Waals surface area contributed by atoms with Crippen LogP contribution in [0.2, 0.25) is 0 Å². The van der Waals surface area contributed by atoms with Crippen molar-refractivity contribution in [3.8, 4) is 0 Å². The molecule has 1 amide bonds. The van der Waals surface area contributed by atoms with Crippen LogP contribution in [0.1, 0.15) is 48.6 Å². The number of aromatic nitrogens is 1. The minimum Gasteiger partial charge on any atom is -0.361 e. The van der Waals surface area contributed by atoms with E-state index in [1.165, 1.54) is 33.7 Å². The number of fused-ring (bicyclic) bond motifs is 2. The number of para-hydroxylation sites is 1. The lowest BCUT2D eigenvalue weighted by Crippen LogP contribution is -2.33. The van der Waals surface area contributed by atoms with Crippen LogP contribution in [0.3, 0.4) is 0 Å². The van der Waals surface area contributed by atoms with Crippen molar-refractivity contribution < 1.29 is 10.0 Å². The topological polar surface area (TPSA) is 68.4 Å². The monoisotopic (exact) mass is 417 g/mol. The molecule has 1 aliphatic carbocycles. The normalized spacial score (nSPS) is 16.0. The summed E-state index contributed by atoms with van der Waals surface area (Å²) in [4.78, 5) is 17.3. The van der Waals surface area contributed by atoms with E-state index in [9.17, 15) is 4.79 Å². The highest BCUT2D eigenvalue weighted by Gasteiger charge is 2.28. The van der Waals surface area contributed by atoms with Crippen molar-refractivity contribution in [1.82, 2.24) is 15.4 Å². The Balaban J connectivity index is 1.51. The van der Waals surface area contributed by atoms with Gasteiger partial charge < -0.3 is 4.98 Å². The summed E-state index contributed by atoms with van der Waals surface area (Å²) >= 11 is 0. The van der Waals surface area contributed by atoms with E-state index in [0.717, 1.165) is 37.9 Å². The van der Waals surface area contributed by atoms with Crippen LogP contribution < -0.4 is 5.48 Å². The summed E-state index contributed by atoms with van der Waals surface area (Å²) in [6, 6.07) is 15.4. The molecule has 3 N–H and O–H groups in total. The molecule has 1 aliphatic rings. The molecule has 1 aromatic heterocycles. The van der Waals surface area contributed by atoms with Crippen LogP contribution in [-0.2, 0) is 17.6 Å². The van der Waals surface area contributed by atoms with Crippen molar-refractivity contribution in [3.63, 3.8) is 0 Å². The zero-order valence-corrected chi connectivity index (χ0v) is 18.3. The largest absolute Gasteiger partial charge is 0.361 e. The minimum absolute atomic E-state index is 0.432. The van der Waals surface area contributed by atoms with Crippen molar-refractivity contribution in [3.05, 3.63) is 77.0 Å². The van der Waals surface area contributed by atoms with Gasteiger partial charge in [-0.05, 0) is 59.6 Å². The molecule has 0 saturated carbocycles. The number of benzene rings is 2. The van der Waals surface area contributed by atoms with Crippen molar-refractivity contribution in [2.24, 2.45) is 5.92 Å². The lowest BCUT2D eigenvalue weighted by atomic mass is 10.0. The van der Waals surface area contributed by atoms with Gasteiger partial charge in [0, 0.05) is 42.3 Å². The van der Waals surface area contributed by atoms with E-state index in [1.807, 2.05) is 0 Å². The molecule has 0 fully saturated rings. The minimum atomic E-state index is -0.515. The Morgan fingerprint density at radius 2 is 2.13 bits per heavy atom. The van der Waals surface area contributed by atoms with Gasteiger partial charge in [0.25, 0.3) is 5.91 Å². The molecule has 0 radical (unpaired) electrons. The van der Waals surface area contributed by atoms with Crippen LogP contribution >= 0.6 is 0 Å². The molecule has 0 spiro atoms. The fourth-order valence-electron chi connectivity index (χ4n) is 4.75. The SMILES string of the molecule is CC(C)CN(CCc1c[nH]c2ccccc12)C1CCc2cc(C=CC(=O)NO)ccc21. The molecule has 4 rings (SSSR count). The number of hydrogen-bond donors (Lipinski definition) is 3. The molecule has 1 heterocycles. The second kappa shape index (κ2) is 9.50. The van der Waals surface area contributed by atoms with E-state index >= 15 is 0 Å². The van der Waals surface area contributed by atoms with Crippen LogP contribution in [-0.4, -0.2) is 34.1 Å². The average molecular weight is 418 g/mol. The van der Waals surface area contributed by atoms with E-state index in [2.05, 4.69) is 72.4 Å². The molecule has 5 nitrogen and oxygen atoms in total. The van der Waals surface area contributed by atoms with E-state index < -0.39 is 5.91 Å². The molecule has 2 aromatic carbocycles. The molecule has 0 aliphatic heterocycles. The number of aryl methyl sites for hydroxylation is 1.